The number of aliphatic carboxylic acids is 1. The maximum absolute atomic E-state index is 13.5. The molecule has 0 aromatic heterocycles. The van der Waals surface area contributed by atoms with Crippen molar-refractivity contribution in [2.45, 2.75) is 76.9 Å². The van der Waals surface area contributed by atoms with Crippen LogP contribution in [0.25, 0.3) is 0 Å². The Morgan fingerprint density at radius 2 is 1.69 bits per heavy atom. The number of ether oxygens (including phenoxy) is 1. The fourth-order valence-corrected chi connectivity index (χ4v) is 4.22. The number of phenols is 1. The molecule has 15 heteroatoms. The number of carboxylic acids is 1. The fraction of sp³-hybridized carbons (Fsp3) is 0.593. The molecule has 0 bridgehead atoms. The Balaban J connectivity index is 2.25. The zero-order valence-corrected chi connectivity index (χ0v) is 23.6. The van der Waals surface area contributed by atoms with E-state index in [-0.39, 0.29) is 31.2 Å². The molecule has 0 unspecified atom stereocenters. The van der Waals surface area contributed by atoms with E-state index in [1.807, 2.05) is 0 Å². The molecule has 42 heavy (non-hydrogen) atoms. The van der Waals surface area contributed by atoms with E-state index in [0.717, 1.165) is 0 Å². The van der Waals surface area contributed by atoms with Gasteiger partial charge in [-0.2, -0.15) is 13.2 Å². The summed E-state index contributed by atoms with van der Waals surface area (Å²) in [6, 6.07) is 1.34. The minimum absolute atomic E-state index is 0.0317. The molecule has 0 saturated carbocycles. The van der Waals surface area contributed by atoms with Crippen molar-refractivity contribution in [2.24, 2.45) is 5.92 Å². The Bertz CT molecular complexity index is 1120. The lowest BCUT2D eigenvalue weighted by Crippen LogP contribution is -2.60. The van der Waals surface area contributed by atoms with Crippen molar-refractivity contribution in [2.75, 3.05) is 19.7 Å². The SMILES string of the molecule is CC[C@H](C)[C@H](NC(=O)[C@H](Cc1ccc(O)cc1)NC(=O)[C@H]1CN(C(C)=O)CCO1)C(=O)N[C@@H](CCC(F)(F)F)C(=O)O. The van der Waals surface area contributed by atoms with E-state index in [4.69, 9.17) is 4.74 Å². The van der Waals surface area contributed by atoms with Gasteiger partial charge in [0.15, 0.2) is 6.10 Å². The van der Waals surface area contributed by atoms with E-state index in [1.54, 1.807) is 13.8 Å². The average Bonchev–Trinajstić information content (AvgIpc) is 2.93. The number of carboxylic acid groups (broad SMARTS) is 1. The van der Waals surface area contributed by atoms with E-state index < -0.39 is 72.9 Å². The Hall–Kier alpha value is -3.88. The van der Waals surface area contributed by atoms with Crippen LogP contribution in [0.1, 0.15) is 45.6 Å². The second-order valence-corrected chi connectivity index (χ2v) is 10.2. The second-order valence-electron chi connectivity index (χ2n) is 10.2. The van der Waals surface area contributed by atoms with Gasteiger partial charge in [-0.3, -0.25) is 19.2 Å². The van der Waals surface area contributed by atoms with Gasteiger partial charge in [-0.1, -0.05) is 32.4 Å². The number of phenolic OH excluding ortho intramolecular Hbond substituents is 1. The van der Waals surface area contributed by atoms with Gasteiger partial charge in [0.2, 0.25) is 17.7 Å². The number of morpholine rings is 1. The molecule has 1 aliphatic rings. The third kappa shape index (κ3) is 10.8. The molecule has 12 nitrogen and oxygen atoms in total. The highest BCUT2D eigenvalue weighted by Gasteiger charge is 2.36. The number of halogens is 3. The Kier molecular flexibility index (Phi) is 12.6. The van der Waals surface area contributed by atoms with Crippen LogP contribution in [0.2, 0.25) is 0 Å². The first-order valence-corrected chi connectivity index (χ1v) is 13.5. The summed E-state index contributed by atoms with van der Waals surface area (Å²) in [5.74, 6) is -5.02. The molecule has 2 rings (SSSR count). The van der Waals surface area contributed by atoms with E-state index in [2.05, 4.69) is 16.0 Å². The lowest BCUT2D eigenvalue weighted by molar-refractivity contribution is -0.149. The number of nitrogens with zero attached hydrogens (tertiary/aromatic N) is 1. The standard InChI is InChI=1S/C27H37F3N4O8/c1-4-15(2)22(25(39)31-19(26(40)41)9-10-27(28,29)30)33-23(37)20(13-17-5-7-18(36)8-6-17)32-24(38)21-14-34(16(3)35)11-12-42-21/h5-8,15,19-22,36H,4,9-14H2,1-3H3,(H,31,39)(H,32,38)(H,33,37)(H,40,41)/t15-,19-,20-,21+,22-/m0/s1. The normalized spacial score (nSPS) is 18.2. The zero-order valence-electron chi connectivity index (χ0n) is 23.6. The predicted octanol–water partition coefficient (Wildman–Crippen LogP) is 1.11. The molecule has 1 aromatic rings. The van der Waals surface area contributed by atoms with Crippen molar-refractivity contribution in [1.82, 2.24) is 20.9 Å². The predicted molar refractivity (Wildman–Crippen MR) is 142 cm³/mol. The van der Waals surface area contributed by atoms with Crippen molar-refractivity contribution >= 4 is 29.6 Å². The molecule has 4 amide bonds. The third-order valence-corrected chi connectivity index (χ3v) is 6.94. The van der Waals surface area contributed by atoms with Gasteiger partial charge in [0.05, 0.1) is 13.2 Å². The van der Waals surface area contributed by atoms with Crippen LogP contribution in [-0.2, 0) is 35.1 Å². The summed E-state index contributed by atoms with van der Waals surface area (Å²) >= 11 is 0. The number of carbonyl (C=O) groups is 5. The van der Waals surface area contributed by atoms with E-state index in [0.29, 0.717) is 18.5 Å². The highest BCUT2D eigenvalue weighted by atomic mass is 19.4. The molecule has 234 valence electrons. The molecule has 0 aliphatic carbocycles. The van der Waals surface area contributed by atoms with Crippen LogP contribution in [0.3, 0.4) is 0 Å². The first-order chi connectivity index (χ1) is 19.6. The van der Waals surface area contributed by atoms with Gasteiger partial charge < -0.3 is 35.8 Å². The van der Waals surface area contributed by atoms with Crippen LogP contribution in [0, 0.1) is 5.92 Å². The zero-order chi connectivity index (χ0) is 31.6. The molecule has 1 aromatic carbocycles. The number of rotatable bonds is 13. The maximum Gasteiger partial charge on any atom is 0.389 e. The molecular formula is C27H37F3N4O8. The highest BCUT2D eigenvalue weighted by Crippen LogP contribution is 2.22. The van der Waals surface area contributed by atoms with Crippen LogP contribution < -0.4 is 16.0 Å². The molecule has 1 fully saturated rings. The lowest BCUT2D eigenvalue weighted by atomic mass is 9.96. The van der Waals surface area contributed by atoms with Gasteiger partial charge in [-0.05, 0) is 30.0 Å². The first-order valence-electron chi connectivity index (χ1n) is 13.5. The van der Waals surface area contributed by atoms with Crippen molar-refractivity contribution in [3.05, 3.63) is 29.8 Å². The highest BCUT2D eigenvalue weighted by molar-refractivity contribution is 5.94. The molecule has 1 heterocycles. The largest absolute Gasteiger partial charge is 0.508 e. The minimum Gasteiger partial charge on any atom is -0.508 e. The maximum atomic E-state index is 13.5. The summed E-state index contributed by atoms with van der Waals surface area (Å²) in [4.78, 5) is 64.4. The van der Waals surface area contributed by atoms with Gasteiger partial charge in [0, 0.05) is 26.3 Å². The third-order valence-electron chi connectivity index (χ3n) is 6.94. The molecule has 0 radical (unpaired) electrons. The minimum atomic E-state index is -4.63. The average molecular weight is 603 g/mol. The topological polar surface area (TPSA) is 174 Å². The summed E-state index contributed by atoms with van der Waals surface area (Å²) < 4.78 is 43.5. The molecular weight excluding hydrogens is 565 g/mol. The van der Waals surface area contributed by atoms with Crippen LogP contribution in [0.4, 0.5) is 13.2 Å². The Morgan fingerprint density at radius 1 is 1.05 bits per heavy atom. The first kappa shape index (κ1) is 34.3. The summed E-state index contributed by atoms with van der Waals surface area (Å²) in [7, 11) is 0. The Morgan fingerprint density at radius 3 is 2.24 bits per heavy atom. The number of aromatic hydroxyl groups is 1. The van der Waals surface area contributed by atoms with Gasteiger partial charge in [0.25, 0.3) is 5.91 Å². The molecule has 0 spiro atoms. The van der Waals surface area contributed by atoms with Crippen molar-refractivity contribution in [1.29, 1.82) is 0 Å². The van der Waals surface area contributed by atoms with Crippen molar-refractivity contribution in [3.8, 4) is 5.75 Å². The number of benzene rings is 1. The fourth-order valence-electron chi connectivity index (χ4n) is 4.22. The van der Waals surface area contributed by atoms with Crippen LogP contribution >= 0.6 is 0 Å². The number of hydrogen-bond donors (Lipinski definition) is 5. The van der Waals surface area contributed by atoms with Crippen molar-refractivity contribution in [3.63, 3.8) is 0 Å². The number of amides is 4. The smallest absolute Gasteiger partial charge is 0.389 e. The van der Waals surface area contributed by atoms with Gasteiger partial charge in [-0.15, -0.1) is 0 Å². The van der Waals surface area contributed by atoms with Crippen LogP contribution in [-0.4, -0.2) is 94.8 Å². The summed E-state index contributed by atoms with van der Waals surface area (Å²) in [6.45, 7) is 4.99. The van der Waals surface area contributed by atoms with Gasteiger partial charge >= 0.3 is 12.1 Å². The number of carbonyl (C=O) groups excluding carboxylic acids is 4. The lowest BCUT2D eigenvalue weighted by Gasteiger charge is -2.32. The second kappa shape index (κ2) is 15.4. The Labute approximate surface area is 241 Å². The summed E-state index contributed by atoms with van der Waals surface area (Å²) in [5.41, 5.74) is 0.533. The summed E-state index contributed by atoms with van der Waals surface area (Å²) in [6.07, 6.45) is -7.79. The number of hydrogen-bond acceptors (Lipinski definition) is 7. The summed E-state index contributed by atoms with van der Waals surface area (Å²) in [5, 5.41) is 26.1. The van der Waals surface area contributed by atoms with Crippen LogP contribution in [0.15, 0.2) is 24.3 Å². The van der Waals surface area contributed by atoms with Gasteiger partial charge in [0.1, 0.15) is 23.9 Å². The number of alkyl halides is 3. The molecule has 5 N–H and O–H groups in total. The molecule has 5 atom stereocenters. The quantitative estimate of drug-likeness (QED) is 0.223. The monoisotopic (exact) mass is 602 g/mol. The molecule has 1 aliphatic heterocycles. The van der Waals surface area contributed by atoms with E-state index >= 15 is 0 Å². The van der Waals surface area contributed by atoms with E-state index in [1.165, 1.54) is 36.1 Å². The van der Waals surface area contributed by atoms with Crippen LogP contribution in [0.5, 0.6) is 5.75 Å². The number of nitrogens with one attached hydrogen (secondary N) is 3. The van der Waals surface area contributed by atoms with Crippen molar-refractivity contribution < 1.29 is 52.1 Å². The van der Waals surface area contributed by atoms with E-state index in [9.17, 15) is 47.4 Å². The molecule has 1 saturated heterocycles. The van der Waals surface area contributed by atoms with Gasteiger partial charge in [-0.25, -0.2) is 4.79 Å².